The predicted octanol–water partition coefficient (Wildman–Crippen LogP) is 1.74. The van der Waals surface area contributed by atoms with Gasteiger partial charge in [-0.25, -0.2) is 9.97 Å². The lowest BCUT2D eigenvalue weighted by molar-refractivity contribution is 0.414. The fraction of sp³-hybridized carbons (Fsp3) is 0.600. The van der Waals surface area contributed by atoms with Crippen molar-refractivity contribution < 1.29 is 4.74 Å². The molecule has 5 nitrogen and oxygen atoms in total. The van der Waals surface area contributed by atoms with E-state index in [-0.39, 0.29) is 0 Å². The fourth-order valence-electron chi connectivity index (χ4n) is 1.18. The molecule has 1 aromatic heterocycles. The molecule has 84 valence electrons. The van der Waals surface area contributed by atoms with Crippen LogP contribution < -0.4 is 15.4 Å². The molecule has 0 bridgehead atoms. The molecule has 1 heterocycles. The first kappa shape index (κ1) is 11.6. The number of nitrogens with one attached hydrogen (secondary N) is 2. The number of hydrogen-bond donors (Lipinski definition) is 2. The smallest absolute Gasteiger partial charge is 0.204 e. The summed E-state index contributed by atoms with van der Waals surface area (Å²) in [6.07, 6.45) is 2.54. The second-order valence-electron chi connectivity index (χ2n) is 3.31. The van der Waals surface area contributed by atoms with Gasteiger partial charge in [0.1, 0.15) is 6.33 Å². The van der Waals surface area contributed by atoms with E-state index in [9.17, 15) is 0 Å². The lowest BCUT2D eigenvalue weighted by atomic mass is 10.2. The molecule has 1 atom stereocenters. The lowest BCUT2D eigenvalue weighted by Gasteiger charge is -2.16. The van der Waals surface area contributed by atoms with Gasteiger partial charge < -0.3 is 15.4 Å². The Balaban J connectivity index is 2.95. The van der Waals surface area contributed by atoms with Gasteiger partial charge in [-0.3, -0.25) is 0 Å². The van der Waals surface area contributed by atoms with Gasteiger partial charge >= 0.3 is 0 Å². The monoisotopic (exact) mass is 210 g/mol. The van der Waals surface area contributed by atoms with E-state index >= 15 is 0 Å². The maximum absolute atomic E-state index is 5.26. The molecule has 1 aromatic rings. The Morgan fingerprint density at radius 2 is 2.07 bits per heavy atom. The summed E-state index contributed by atoms with van der Waals surface area (Å²) in [5, 5.41) is 6.23. The van der Waals surface area contributed by atoms with Gasteiger partial charge in [0.05, 0.1) is 7.11 Å². The van der Waals surface area contributed by atoms with Crippen molar-refractivity contribution >= 4 is 11.6 Å². The maximum Gasteiger partial charge on any atom is 0.204 e. The van der Waals surface area contributed by atoms with Crippen molar-refractivity contribution in [2.45, 2.75) is 26.3 Å². The third-order valence-corrected chi connectivity index (χ3v) is 2.24. The van der Waals surface area contributed by atoms with Gasteiger partial charge in [-0.1, -0.05) is 6.92 Å². The standard InChI is InChI=1S/C10H18N4O/c1-5-7(2)14-10-8(15-4)9(11-3)12-6-13-10/h6-7H,5H2,1-4H3,(H2,11,12,13,14). The molecule has 0 aliphatic rings. The van der Waals surface area contributed by atoms with Crippen LogP contribution in [0.2, 0.25) is 0 Å². The highest BCUT2D eigenvalue weighted by atomic mass is 16.5. The molecule has 0 aliphatic carbocycles. The summed E-state index contributed by atoms with van der Waals surface area (Å²) in [5.74, 6) is 2.07. The number of methoxy groups -OCH3 is 1. The molecule has 0 saturated carbocycles. The molecule has 0 spiro atoms. The highest BCUT2D eigenvalue weighted by Crippen LogP contribution is 2.28. The van der Waals surface area contributed by atoms with Crippen LogP contribution in [-0.4, -0.2) is 30.2 Å². The minimum Gasteiger partial charge on any atom is -0.490 e. The van der Waals surface area contributed by atoms with Crippen LogP contribution in [0.15, 0.2) is 6.33 Å². The third-order valence-electron chi connectivity index (χ3n) is 2.24. The molecule has 0 aliphatic heterocycles. The molecule has 5 heteroatoms. The van der Waals surface area contributed by atoms with E-state index in [0.717, 1.165) is 12.2 Å². The van der Waals surface area contributed by atoms with Crippen molar-refractivity contribution in [2.24, 2.45) is 0 Å². The van der Waals surface area contributed by atoms with Crippen LogP contribution in [0.4, 0.5) is 11.6 Å². The molecule has 0 fully saturated rings. The number of aromatic nitrogens is 2. The van der Waals surface area contributed by atoms with E-state index < -0.39 is 0 Å². The third kappa shape index (κ3) is 2.71. The maximum atomic E-state index is 5.26. The Hall–Kier alpha value is -1.52. The van der Waals surface area contributed by atoms with Crippen molar-refractivity contribution in [3.63, 3.8) is 0 Å². The first-order chi connectivity index (χ1) is 7.22. The summed E-state index contributed by atoms with van der Waals surface area (Å²) in [6, 6.07) is 0.360. The molecule has 0 saturated heterocycles. The molecule has 1 rings (SSSR count). The van der Waals surface area contributed by atoms with Crippen LogP contribution in [-0.2, 0) is 0 Å². The zero-order valence-corrected chi connectivity index (χ0v) is 9.66. The number of anilines is 2. The van der Waals surface area contributed by atoms with E-state index in [4.69, 9.17) is 4.74 Å². The van der Waals surface area contributed by atoms with Crippen LogP contribution in [0.5, 0.6) is 5.75 Å². The van der Waals surface area contributed by atoms with Gasteiger partial charge in [0.15, 0.2) is 11.6 Å². The average Bonchev–Trinajstić information content (AvgIpc) is 2.28. The van der Waals surface area contributed by atoms with Gasteiger partial charge in [0.25, 0.3) is 0 Å². The summed E-state index contributed by atoms with van der Waals surface area (Å²) in [6.45, 7) is 4.21. The van der Waals surface area contributed by atoms with E-state index in [1.54, 1.807) is 14.2 Å². The number of rotatable bonds is 5. The van der Waals surface area contributed by atoms with Gasteiger partial charge in [-0.2, -0.15) is 0 Å². The summed E-state index contributed by atoms with van der Waals surface area (Å²) in [7, 11) is 3.42. The van der Waals surface area contributed by atoms with Gasteiger partial charge in [-0.15, -0.1) is 0 Å². The van der Waals surface area contributed by atoms with Crippen LogP contribution in [0, 0.1) is 0 Å². The second-order valence-corrected chi connectivity index (χ2v) is 3.31. The van der Waals surface area contributed by atoms with Crippen molar-refractivity contribution in [1.82, 2.24) is 9.97 Å². The molecular formula is C10H18N4O. The number of nitrogens with zero attached hydrogens (tertiary/aromatic N) is 2. The van der Waals surface area contributed by atoms with Gasteiger partial charge in [0.2, 0.25) is 5.75 Å². The largest absolute Gasteiger partial charge is 0.490 e. The number of ether oxygens (including phenoxy) is 1. The zero-order valence-electron chi connectivity index (χ0n) is 9.66. The van der Waals surface area contributed by atoms with Crippen molar-refractivity contribution in [1.29, 1.82) is 0 Å². The van der Waals surface area contributed by atoms with Crippen molar-refractivity contribution in [3.05, 3.63) is 6.33 Å². The minimum absolute atomic E-state index is 0.360. The fourth-order valence-corrected chi connectivity index (χ4v) is 1.18. The molecule has 15 heavy (non-hydrogen) atoms. The summed E-state index contributed by atoms with van der Waals surface area (Å²) in [4.78, 5) is 8.23. The van der Waals surface area contributed by atoms with Crippen LogP contribution in [0.3, 0.4) is 0 Å². The minimum atomic E-state index is 0.360. The lowest BCUT2D eigenvalue weighted by Crippen LogP contribution is -2.16. The number of hydrogen-bond acceptors (Lipinski definition) is 5. The first-order valence-electron chi connectivity index (χ1n) is 5.06. The van der Waals surface area contributed by atoms with Crippen LogP contribution in [0.1, 0.15) is 20.3 Å². The summed E-state index contributed by atoms with van der Waals surface area (Å²) < 4.78 is 5.26. The Labute approximate surface area is 90.3 Å². The zero-order chi connectivity index (χ0) is 11.3. The Morgan fingerprint density at radius 1 is 1.40 bits per heavy atom. The summed E-state index contributed by atoms with van der Waals surface area (Å²) in [5.41, 5.74) is 0. The van der Waals surface area contributed by atoms with Crippen LogP contribution >= 0.6 is 0 Å². The van der Waals surface area contributed by atoms with Crippen molar-refractivity contribution in [3.8, 4) is 5.75 Å². The highest BCUT2D eigenvalue weighted by molar-refractivity contribution is 5.63. The SMILES string of the molecule is CCC(C)Nc1ncnc(NC)c1OC. The Kier molecular flexibility index (Phi) is 4.15. The van der Waals surface area contributed by atoms with Crippen LogP contribution in [0.25, 0.3) is 0 Å². The topological polar surface area (TPSA) is 59.1 Å². The predicted molar refractivity (Wildman–Crippen MR) is 61.5 cm³/mol. The van der Waals surface area contributed by atoms with E-state index in [1.807, 2.05) is 0 Å². The van der Waals surface area contributed by atoms with E-state index in [0.29, 0.717) is 17.6 Å². The normalized spacial score (nSPS) is 12.0. The first-order valence-corrected chi connectivity index (χ1v) is 5.06. The van der Waals surface area contributed by atoms with E-state index in [1.165, 1.54) is 6.33 Å². The molecule has 1 unspecified atom stereocenters. The van der Waals surface area contributed by atoms with Gasteiger partial charge in [-0.05, 0) is 13.3 Å². The van der Waals surface area contributed by atoms with Gasteiger partial charge in [0, 0.05) is 13.1 Å². The molecule has 2 N–H and O–H groups in total. The molecule has 0 amide bonds. The van der Waals surface area contributed by atoms with Crippen molar-refractivity contribution in [2.75, 3.05) is 24.8 Å². The quantitative estimate of drug-likeness (QED) is 0.775. The molecule has 0 radical (unpaired) electrons. The van der Waals surface area contributed by atoms with E-state index in [2.05, 4.69) is 34.4 Å². The molecule has 0 aromatic carbocycles. The highest BCUT2D eigenvalue weighted by Gasteiger charge is 2.11. The Bertz CT molecular complexity index is 316. The second kappa shape index (κ2) is 5.38. The Morgan fingerprint density at radius 3 is 2.60 bits per heavy atom. The summed E-state index contributed by atoms with van der Waals surface area (Å²) >= 11 is 0. The molecular weight excluding hydrogens is 192 g/mol. The average molecular weight is 210 g/mol.